The fourth-order valence-corrected chi connectivity index (χ4v) is 1.43. The van der Waals surface area contributed by atoms with Gasteiger partial charge >= 0.3 is 0 Å². The van der Waals surface area contributed by atoms with Gasteiger partial charge in [0, 0.05) is 25.8 Å². The van der Waals surface area contributed by atoms with E-state index in [2.05, 4.69) is 4.90 Å². The number of nitrogens with two attached hydrogens (primary N) is 1. The lowest BCUT2D eigenvalue weighted by atomic mass is 10.2. The Balaban J connectivity index is 2.49. The minimum Gasteiger partial charge on any atom is -0.497 e. The number of anilines is 1. The van der Waals surface area contributed by atoms with Crippen LogP contribution < -0.4 is 15.4 Å². The second-order valence-corrected chi connectivity index (χ2v) is 3.80. The van der Waals surface area contributed by atoms with Crippen molar-refractivity contribution in [1.29, 1.82) is 0 Å². The van der Waals surface area contributed by atoms with E-state index in [1.165, 1.54) is 0 Å². The normalized spacial score (nSPS) is 12.2. The van der Waals surface area contributed by atoms with Crippen molar-refractivity contribution >= 4 is 5.69 Å². The molecule has 1 unspecified atom stereocenters. The molecule has 0 heterocycles. The zero-order valence-corrected chi connectivity index (χ0v) is 9.89. The molecule has 0 aliphatic carbocycles. The molecular formula is C12H20N2O2. The molecule has 1 aromatic rings. The lowest BCUT2D eigenvalue weighted by Gasteiger charge is -2.20. The van der Waals surface area contributed by atoms with Gasteiger partial charge in [-0.3, -0.25) is 0 Å². The summed E-state index contributed by atoms with van der Waals surface area (Å²) in [7, 11) is 3.64. The van der Waals surface area contributed by atoms with E-state index in [0.717, 1.165) is 18.0 Å². The summed E-state index contributed by atoms with van der Waals surface area (Å²) in [5.41, 5.74) is 6.45. The lowest BCUT2D eigenvalue weighted by Crippen LogP contribution is -2.27. The number of hydrogen-bond acceptors (Lipinski definition) is 4. The van der Waals surface area contributed by atoms with Gasteiger partial charge in [-0.05, 0) is 30.7 Å². The third-order valence-corrected chi connectivity index (χ3v) is 2.58. The van der Waals surface area contributed by atoms with Crippen LogP contribution in [0, 0.1) is 0 Å². The molecule has 1 aromatic carbocycles. The molecule has 0 radical (unpaired) electrons. The van der Waals surface area contributed by atoms with Crippen LogP contribution in [0.1, 0.15) is 6.42 Å². The maximum Gasteiger partial charge on any atom is 0.119 e. The van der Waals surface area contributed by atoms with Crippen LogP contribution in [0.4, 0.5) is 5.69 Å². The summed E-state index contributed by atoms with van der Waals surface area (Å²) < 4.78 is 5.09. The Hall–Kier alpha value is -1.26. The Labute approximate surface area is 96.6 Å². The number of hydrogen-bond donors (Lipinski definition) is 2. The summed E-state index contributed by atoms with van der Waals surface area (Å²) in [4.78, 5) is 2.08. The Morgan fingerprint density at radius 2 is 2.00 bits per heavy atom. The van der Waals surface area contributed by atoms with E-state index in [1.807, 2.05) is 31.3 Å². The quantitative estimate of drug-likeness (QED) is 0.752. The molecule has 4 heteroatoms. The Kier molecular flexibility index (Phi) is 5.08. The third-order valence-electron chi connectivity index (χ3n) is 2.58. The number of ether oxygens (including phenoxy) is 1. The summed E-state index contributed by atoms with van der Waals surface area (Å²) in [6.07, 6.45) is 0.264. The second-order valence-electron chi connectivity index (χ2n) is 3.80. The van der Waals surface area contributed by atoms with Crippen LogP contribution in [0.5, 0.6) is 5.75 Å². The van der Waals surface area contributed by atoms with E-state index in [1.54, 1.807) is 7.11 Å². The zero-order chi connectivity index (χ0) is 12.0. The van der Waals surface area contributed by atoms with Gasteiger partial charge in [0.15, 0.2) is 0 Å². The van der Waals surface area contributed by atoms with E-state index in [-0.39, 0.29) is 0 Å². The average Bonchev–Trinajstić information content (AvgIpc) is 2.35. The zero-order valence-electron chi connectivity index (χ0n) is 9.89. The molecule has 3 N–H and O–H groups in total. The van der Waals surface area contributed by atoms with Crippen molar-refractivity contribution in [3.63, 3.8) is 0 Å². The Morgan fingerprint density at radius 3 is 2.50 bits per heavy atom. The fourth-order valence-electron chi connectivity index (χ4n) is 1.43. The van der Waals surface area contributed by atoms with Gasteiger partial charge in [0.05, 0.1) is 13.2 Å². The van der Waals surface area contributed by atoms with Gasteiger partial charge in [-0.15, -0.1) is 0 Å². The first kappa shape index (κ1) is 12.8. The van der Waals surface area contributed by atoms with Crippen LogP contribution in [0.25, 0.3) is 0 Å². The molecule has 90 valence electrons. The van der Waals surface area contributed by atoms with Gasteiger partial charge in [0.25, 0.3) is 0 Å². The molecular weight excluding hydrogens is 204 g/mol. The molecule has 0 fully saturated rings. The molecule has 0 aromatic heterocycles. The van der Waals surface area contributed by atoms with Gasteiger partial charge in [-0.2, -0.15) is 0 Å². The first-order valence-corrected chi connectivity index (χ1v) is 5.40. The van der Waals surface area contributed by atoms with Crippen molar-refractivity contribution < 1.29 is 9.84 Å². The van der Waals surface area contributed by atoms with Crippen molar-refractivity contribution in [2.24, 2.45) is 5.73 Å². The van der Waals surface area contributed by atoms with Crippen LogP contribution in [0.3, 0.4) is 0 Å². The van der Waals surface area contributed by atoms with E-state index in [0.29, 0.717) is 13.0 Å². The Bertz CT molecular complexity index is 300. The molecule has 16 heavy (non-hydrogen) atoms. The van der Waals surface area contributed by atoms with Gasteiger partial charge in [0.2, 0.25) is 0 Å². The molecule has 0 spiro atoms. The first-order chi connectivity index (χ1) is 7.67. The van der Waals surface area contributed by atoms with Crippen molar-refractivity contribution in [2.45, 2.75) is 12.5 Å². The highest BCUT2D eigenvalue weighted by molar-refractivity contribution is 5.48. The minimum atomic E-state index is -0.416. The number of methoxy groups -OCH3 is 1. The van der Waals surface area contributed by atoms with Gasteiger partial charge < -0.3 is 20.5 Å². The SMILES string of the molecule is COc1ccc(N(C)CCC(O)CN)cc1. The highest BCUT2D eigenvalue weighted by Crippen LogP contribution is 2.18. The number of aliphatic hydroxyl groups is 1. The maximum absolute atomic E-state index is 9.36. The summed E-state index contributed by atoms with van der Waals surface area (Å²) in [5.74, 6) is 0.846. The molecule has 1 rings (SSSR count). The fraction of sp³-hybridized carbons (Fsp3) is 0.500. The lowest BCUT2D eigenvalue weighted by molar-refractivity contribution is 0.175. The number of nitrogens with zero attached hydrogens (tertiary/aromatic N) is 1. The van der Waals surface area contributed by atoms with Crippen LogP contribution in [0.2, 0.25) is 0 Å². The van der Waals surface area contributed by atoms with Crippen molar-refractivity contribution in [2.75, 3.05) is 32.1 Å². The van der Waals surface area contributed by atoms with Crippen molar-refractivity contribution in [3.05, 3.63) is 24.3 Å². The van der Waals surface area contributed by atoms with Crippen molar-refractivity contribution in [3.8, 4) is 5.75 Å². The standard InChI is InChI=1S/C12H20N2O2/c1-14(8-7-11(15)9-13)10-3-5-12(16-2)6-4-10/h3-6,11,15H,7-9,13H2,1-2H3. The molecule has 0 aliphatic heterocycles. The van der Waals surface area contributed by atoms with Gasteiger partial charge in [-0.1, -0.05) is 0 Å². The van der Waals surface area contributed by atoms with Gasteiger partial charge in [-0.25, -0.2) is 0 Å². The monoisotopic (exact) mass is 224 g/mol. The highest BCUT2D eigenvalue weighted by atomic mass is 16.5. The molecule has 0 aliphatic rings. The summed E-state index contributed by atoms with van der Waals surface area (Å²) in [6.45, 7) is 1.10. The van der Waals surface area contributed by atoms with E-state index in [9.17, 15) is 5.11 Å². The minimum absolute atomic E-state index is 0.316. The molecule has 0 saturated carbocycles. The Morgan fingerprint density at radius 1 is 1.38 bits per heavy atom. The van der Waals surface area contributed by atoms with E-state index < -0.39 is 6.10 Å². The van der Waals surface area contributed by atoms with E-state index in [4.69, 9.17) is 10.5 Å². The smallest absolute Gasteiger partial charge is 0.119 e. The third kappa shape index (κ3) is 3.72. The molecule has 0 amide bonds. The van der Waals surface area contributed by atoms with Crippen LogP contribution in [-0.4, -0.2) is 38.5 Å². The largest absolute Gasteiger partial charge is 0.497 e. The first-order valence-electron chi connectivity index (χ1n) is 5.40. The highest BCUT2D eigenvalue weighted by Gasteiger charge is 2.05. The van der Waals surface area contributed by atoms with E-state index >= 15 is 0 Å². The summed E-state index contributed by atoms with van der Waals surface area (Å²) >= 11 is 0. The predicted octanol–water partition coefficient (Wildman–Crippen LogP) is 0.841. The molecule has 0 saturated heterocycles. The predicted molar refractivity (Wildman–Crippen MR) is 65.9 cm³/mol. The van der Waals surface area contributed by atoms with Crippen LogP contribution in [0.15, 0.2) is 24.3 Å². The topological polar surface area (TPSA) is 58.7 Å². The number of rotatable bonds is 6. The van der Waals surface area contributed by atoms with Crippen molar-refractivity contribution in [1.82, 2.24) is 0 Å². The molecule has 0 bridgehead atoms. The summed E-state index contributed by atoms with van der Waals surface area (Å²) in [5, 5.41) is 9.36. The average molecular weight is 224 g/mol. The second kappa shape index (κ2) is 6.35. The summed E-state index contributed by atoms with van der Waals surface area (Å²) in [6, 6.07) is 7.83. The maximum atomic E-state index is 9.36. The van der Waals surface area contributed by atoms with Crippen LogP contribution in [-0.2, 0) is 0 Å². The number of benzene rings is 1. The molecule has 1 atom stereocenters. The molecule has 4 nitrogen and oxygen atoms in total. The van der Waals surface area contributed by atoms with Gasteiger partial charge in [0.1, 0.15) is 5.75 Å². The number of aliphatic hydroxyl groups excluding tert-OH is 1. The van der Waals surface area contributed by atoms with Crippen LogP contribution >= 0.6 is 0 Å².